The summed E-state index contributed by atoms with van der Waals surface area (Å²) < 4.78 is 32.2. The number of methoxy groups -OCH3 is 1. The van der Waals surface area contributed by atoms with Crippen LogP contribution in [0.25, 0.3) is 0 Å². The highest BCUT2D eigenvalue weighted by molar-refractivity contribution is 7.89. The lowest BCUT2D eigenvalue weighted by molar-refractivity contribution is 0.0596. The van der Waals surface area contributed by atoms with Crippen molar-refractivity contribution in [2.45, 2.75) is 43.0 Å². The molecule has 20 heavy (non-hydrogen) atoms. The third-order valence-electron chi connectivity index (χ3n) is 3.51. The predicted octanol–water partition coefficient (Wildman–Crippen LogP) is 2.08. The molecular weight excluding hydrogens is 278 g/mol. The number of carbonyl (C=O) groups is 1. The van der Waals surface area contributed by atoms with Crippen LogP contribution in [0.1, 0.15) is 42.5 Å². The van der Waals surface area contributed by atoms with Crippen LogP contribution < -0.4 is 4.72 Å². The van der Waals surface area contributed by atoms with Crippen LogP contribution in [0.4, 0.5) is 0 Å². The lowest BCUT2D eigenvalue weighted by Crippen LogP contribution is -2.36. The summed E-state index contributed by atoms with van der Waals surface area (Å²) in [6, 6.07) is 6.06. The zero-order chi connectivity index (χ0) is 14.6. The van der Waals surface area contributed by atoms with Crippen molar-refractivity contribution in [2.24, 2.45) is 0 Å². The normalized spacial score (nSPS) is 16.9. The Hall–Kier alpha value is -1.40. The summed E-state index contributed by atoms with van der Waals surface area (Å²) in [4.78, 5) is 11.6. The van der Waals surface area contributed by atoms with Gasteiger partial charge >= 0.3 is 5.97 Å². The number of benzene rings is 1. The van der Waals surface area contributed by atoms with Crippen molar-refractivity contribution in [1.82, 2.24) is 4.72 Å². The monoisotopic (exact) mass is 297 g/mol. The Balaban J connectivity index is 2.27. The molecule has 1 N–H and O–H groups in total. The Kier molecular flexibility index (Phi) is 4.77. The van der Waals surface area contributed by atoms with E-state index in [1.165, 1.54) is 19.2 Å². The van der Waals surface area contributed by atoms with E-state index in [-0.39, 0.29) is 16.5 Å². The fraction of sp³-hybridized carbons (Fsp3) is 0.500. The van der Waals surface area contributed by atoms with Gasteiger partial charge in [-0.25, -0.2) is 17.9 Å². The Morgan fingerprint density at radius 3 is 2.50 bits per heavy atom. The number of ether oxygens (including phenoxy) is 1. The largest absolute Gasteiger partial charge is 0.465 e. The van der Waals surface area contributed by atoms with Crippen molar-refractivity contribution in [2.75, 3.05) is 7.11 Å². The van der Waals surface area contributed by atoms with Gasteiger partial charge in [-0.2, -0.15) is 0 Å². The third kappa shape index (κ3) is 3.37. The smallest absolute Gasteiger partial charge is 0.339 e. The molecule has 0 unspecified atom stereocenters. The number of sulfonamides is 1. The van der Waals surface area contributed by atoms with E-state index in [9.17, 15) is 13.2 Å². The highest BCUT2D eigenvalue weighted by atomic mass is 32.2. The molecule has 0 saturated heterocycles. The van der Waals surface area contributed by atoms with E-state index in [0.29, 0.717) is 0 Å². The van der Waals surface area contributed by atoms with Gasteiger partial charge < -0.3 is 4.74 Å². The molecule has 0 amide bonds. The SMILES string of the molecule is COC(=O)c1ccccc1S(=O)(=O)NC1CCCCC1. The highest BCUT2D eigenvalue weighted by Crippen LogP contribution is 2.21. The van der Waals surface area contributed by atoms with Crippen molar-refractivity contribution >= 4 is 16.0 Å². The van der Waals surface area contributed by atoms with E-state index in [1.54, 1.807) is 12.1 Å². The summed E-state index contributed by atoms with van der Waals surface area (Å²) in [5.41, 5.74) is 0.0679. The molecule has 110 valence electrons. The van der Waals surface area contributed by atoms with E-state index < -0.39 is 16.0 Å². The van der Waals surface area contributed by atoms with E-state index in [2.05, 4.69) is 9.46 Å². The molecule has 6 heteroatoms. The second-order valence-electron chi connectivity index (χ2n) is 4.94. The third-order valence-corrected chi connectivity index (χ3v) is 5.09. The van der Waals surface area contributed by atoms with Gasteiger partial charge in [-0.1, -0.05) is 31.4 Å². The Morgan fingerprint density at radius 2 is 1.85 bits per heavy atom. The molecule has 1 fully saturated rings. The molecule has 2 rings (SSSR count). The van der Waals surface area contributed by atoms with Gasteiger partial charge in [-0.15, -0.1) is 0 Å². The first-order chi connectivity index (χ1) is 9.54. The van der Waals surface area contributed by atoms with Gasteiger partial charge in [0.1, 0.15) is 0 Å². The number of hydrogen-bond donors (Lipinski definition) is 1. The molecule has 5 nitrogen and oxygen atoms in total. The number of nitrogens with one attached hydrogen (secondary N) is 1. The molecule has 1 aliphatic rings. The zero-order valence-corrected chi connectivity index (χ0v) is 12.3. The van der Waals surface area contributed by atoms with E-state index in [1.807, 2.05) is 0 Å². The van der Waals surface area contributed by atoms with Crippen LogP contribution in [0.2, 0.25) is 0 Å². The van der Waals surface area contributed by atoms with Crippen LogP contribution in [-0.2, 0) is 14.8 Å². The summed E-state index contributed by atoms with van der Waals surface area (Å²) in [6.45, 7) is 0. The topological polar surface area (TPSA) is 72.5 Å². The minimum atomic E-state index is -3.70. The molecule has 0 spiro atoms. The van der Waals surface area contributed by atoms with Crippen molar-refractivity contribution < 1.29 is 17.9 Å². The van der Waals surface area contributed by atoms with Gasteiger partial charge in [0.05, 0.1) is 17.6 Å². The Labute approximate surface area is 119 Å². The minimum Gasteiger partial charge on any atom is -0.465 e. The quantitative estimate of drug-likeness (QED) is 0.864. The summed E-state index contributed by atoms with van der Waals surface area (Å²) in [7, 11) is -2.46. The van der Waals surface area contributed by atoms with E-state index in [4.69, 9.17) is 0 Å². The summed E-state index contributed by atoms with van der Waals surface area (Å²) in [6.07, 6.45) is 4.91. The number of hydrogen-bond acceptors (Lipinski definition) is 4. The van der Waals surface area contributed by atoms with Gasteiger partial charge in [-0.3, -0.25) is 0 Å². The van der Waals surface area contributed by atoms with Crippen LogP contribution in [0, 0.1) is 0 Å². The van der Waals surface area contributed by atoms with Crippen LogP contribution in [-0.4, -0.2) is 27.5 Å². The zero-order valence-electron chi connectivity index (χ0n) is 11.5. The molecule has 1 saturated carbocycles. The number of esters is 1. The van der Waals surface area contributed by atoms with Gasteiger partial charge in [0.25, 0.3) is 0 Å². The molecule has 0 atom stereocenters. The first-order valence-electron chi connectivity index (χ1n) is 6.74. The maximum atomic E-state index is 12.4. The van der Waals surface area contributed by atoms with Crippen LogP contribution >= 0.6 is 0 Å². The summed E-state index contributed by atoms with van der Waals surface area (Å²) in [5, 5.41) is 0. The van der Waals surface area contributed by atoms with Crippen LogP contribution in [0.5, 0.6) is 0 Å². The highest BCUT2D eigenvalue weighted by Gasteiger charge is 2.26. The average Bonchev–Trinajstić information content (AvgIpc) is 2.47. The van der Waals surface area contributed by atoms with Gasteiger partial charge in [0.15, 0.2) is 0 Å². The summed E-state index contributed by atoms with van der Waals surface area (Å²) >= 11 is 0. The lowest BCUT2D eigenvalue weighted by atomic mass is 9.96. The predicted molar refractivity (Wildman–Crippen MR) is 75.0 cm³/mol. The van der Waals surface area contributed by atoms with Crippen molar-refractivity contribution in [3.63, 3.8) is 0 Å². The maximum Gasteiger partial charge on any atom is 0.339 e. The average molecular weight is 297 g/mol. The Morgan fingerprint density at radius 1 is 1.20 bits per heavy atom. The molecule has 0 aliphatic heterocycles. The van der Waals surface area contributed by atoms with Crippen molar-refractivity contribution in [1.29, 1.82) is 0 Å². The molecule has 0 heterocycles. The molecule has 1 aromatic rings. The van der Waals surface area contributed by atoms with Crippen LogP contribution in [0.15, 0.2) is 29.2 Å². The summed E-state index contributed by atoms with van der Waals surface area (Å²) in [5.74, 6) is -0.644. The molecule has 1 aliphatic carbocycles. The minimum absolute atomic E-state index is 0.0163. The fourth-order valence-corrected chi connectivity index (χ4v) is 3.98. The Bertz CT molecular complexity index is 577. The fourth-order valence-electron chi connectivity index (χ4n) is 2.48. The maximum absolute atomic E-state index is 12.4. The molecular formula is C14H19NO4S. The molecule has 0 bridgehead atoms. The van der Waals surface area contributed by atoms with Crippen molar-refractivity contribution in [3.05, 3.63) is 29.8 Å². The molecule has 0 radical (unpaired) electrons. The van der Waals surface area contributed by atoms with Crippen LogP contribution in [0.3, 0.4) is 0 Å². The molecule has 0 aromatic heterocycles. The second kappa shape index (κ2) is 6.37. The lowest BCUT2D eigenvalue weighted by Gasteiger charge is -2.23. The number of carbonyl (C=O) groups excluding carboxylic acids is 1. The second-order valence-corrected chi connectivity index (χ2v) is 6.63. The van der Waals surface area contributed by atoms with Crippen molar-refractivity contribution in [3.8, 4) is 0 Å². The van der Waals surface area contributed by atoms with E-state index >= 15 is 0 Å². The van der Waals surface area contributed by atoms with E-state index in [0.717, 1.165) is 32.1 Å². The van der Waals surface area contributed by atoms with Gasteiger partial charge in [-0.05, 0) is 25.0 Å². The number of rotatable bonds is 4. The van der Waals surface area contributed by atoms with Gasteiger partial charge in [0, 0.05) is 6.04 Å². The first-order valence-corrected chi connectivity index (χ1v) is 8.22. The standard InChI is InChI=1S/C14H19NO4S/c1-19-14(16)12-9-5-6-10-13(12)20(17,18)15-11-7-3-2-4-8-11/h5-6,9-11,15H,2-4,7-8H2,1H3. The van der Waals surface area contributed by atoms with Gasteiger partial charge in [0.2, 0.25) is 10.0 Å². The first kappa shape index (κ1) is 15.0. The molecule has 1 aromatic carbocycles.